The van der Waals surface area contributed by atoms with E-state index in [9.17, 15) is 0 Å². The SMILES string of the molecule is Cc1csc(CC(Cc2ccccc2Cl)NN)n1. The van der Waals surface area contributed by atoms with Gasteiger partial charge in [0.1, 0.15) is 0 Å². The van der Waals surface area contributed by atoms with E-state index in [0.717, 1.165) is 34.1 Å². The van der Waals surface area contributed by atoms with E-state index in [0.29, 0.717) is 0 Å². The smallest absolute Gasteiger partial charge is 0.0944 e. The summed E-state index contributed by atoms with van der Waals surface area (Å²) in [7, 11) is 0. The van der Waals surface area contributed by atoms with Gasteiger partial charge in [-0.05, 0) is 25.0 Å². The zero-order chi connectivity index (χ0) is 13.0. The molecule has 18 heavy (non-hydrogen) atoms. The summed E-state index contributed by atoms with van der Waals surface area (Å²) in [5.41, 5.74) is 5.01. The van der Waals surface area contributed by atoms with Crippen LogP contribution in [0.15, 0.2) is 29.6 Å². The molecule has 0 spiro atoms. The summed E-state index contributed by atoms with van der Waals surface area (Å²) < 4.78 is 0. The van der Waals surface area contributed by atoms with Crippen LogP contribution in [0.2, 0.25) is 5.02 Å². The molecule has 3 nitrogen and oxygen atoms in total. The standard InChI is InChI=1S/C13H16ClN3S/c1-9-8-18-13(16-9)7-11(17-15)6-10-4-2-3-5-12(10)14/h2-5,8,11,17H,6-7,15H2,1H3. The second-order valence-corrected chi connectivity index (χ2v) is 5.60. The van der Waals surface area contributed by atoms with E-state index in [1.807, 2.05) is 31.2 Å². The summed E-state index contributed by atoms with van der Waals surface area (Å²) in [6.45, 7) is 2.00. The lowest BCUT2D eigenvalue weighted by molar-refractivity contribution is 0.521. The number of thiazole rings is 1. The number of nitrogens with zero attached hydrogens (tertiary/aromatic N) is 1. The summed E-state index contributed by atoms with van der Waals surface area (Å²) in [5, 5.41) is 3.94. The lowest BCUT2D eigenvalue weighted by atomic mass is 10.0. The molecule has 0 amide bonds. The minimum absolute atomic E-state index is 0.149. The Balaban J connectivity index is 2.04. The molecule has 0 aliphatic heterocycles. The lowest BCUT2D eigenvalue weighted by Gasteiger charge is -2.15. The Hall–Kier alpha value is -0.940. The minimum atomic E-state index is 0.149. The van der Waals surface area contributed by atoms with Gasteiger partial charge in [-0.15, -0.1) is 11.3 Å². The van der Waals surface area contributed by atoms with Gasteiger partial charge >= 0.3 is 0 Å². The van der Waals surface area contributed by atoms with Gasteiger partial charge in [-0.3, -0.25) is 11.3 Å². The Morgan fingerprint density at radius 1 is 1.39 bits per heavy atom. The third-order valence-electron chi connectivity index (χ3n) is 2.75. The summed E-state index contributed by atoms with van der Waals surface area (Å²) in [4.78, 5) is 4.45. The van der Waals surface area contributed by atoms with Crippen LogP contribution in [0.5, 0.6) is 0 Å². The zero-order valence-corrected chi connectivity index (χ0v) is 11.8. The second kappa shape index (κ2) is 6.29. The van der Waals surface area contributed by atoms with E-state index in [1.165, 1.54) is 0 Å². The molecule has 1 heterocycles. The van der Waals surface area contributed by atoms with E-state index in [2.05, 4.69) is 15.8 Å². The first-order chi connectivity index (χ1) is 8.69. The Labute approximate surface area is 116 Å². The van der Waals surface area contributed by atoms with Crippen molar-refractivity contribution in [3.05, 3.63) is 50.9 Å². The van der Waals surface area contributed by atoms with E-state index < -0.39 is 0 Å². The van der Waals surface area contributed by atoms with Crippen LogP contribution in [-0.2, 0) is 12.8 Å². The molecule has 1 unspecified atom stereocenters. The number of nitrogens with one attached hydrogen (secondary N) is 1. The van der Waals surface area contributed by atoms with Crippen molar-refractivity contribution in [2.75, 3.05) is 0 Å². The summed E-state index contributed by atoms with van der Waals surface area (Å²) in [6.07, 6.45) is 1.62. The predicted molar refractivity (Wildman–Crippen MR) is 76.8 cm³/mol. The van der Waals surface area contributed by atoms with E-state index in [-0.39, 0.29) is 6.04 Å². The van der Waals surface area contributed by atoms with Gasteiger partial charge in [-0.25, -0.2) is 4.98 Å². The lowest BCUT2D eigenvalue weighted by Crippen LogP contribution is -2.38. The topological polar surface area (TPSA) is 50.9 Å². The average molecular weight is 282 g/mol. The number of aromatic nitrogens is 1. The molecule has 0 saturated heterocycles. The number of aryl methyl sites for hydroxylation is 1. The van der Waals surface area contributed by atoms with Crippen molar-refractivity contribution in [1.82, 2.24) is 10.4 Å². The average Bonchev–Trinajstić information content (AvgIpc) is 2.76. The van der Waals surface area contributed by atoms with E-state index in [1.54, 1.807) is 11.3 Å². The Morgan fingerprint density at radius 2 is 2.17 bits per heavy atom. The fourth-order valence-corrected chi connectivity index (χ4v) is 2.89. The number of hydrogen-bond donors (Lipinski definition) is 2. The van der Waals surface area contributed by atoms with Gasteiger partial charge in [0, 0.05) is 28.6 Å². The first kappa shape index (κ1) is 13.5. The highest BCUT2D eigenvalue weighted by molar-refractivity contribution is 7.09. The third-order valence-corrected chi connectivity index (χ3v) is 4.11. The van der Waals surface area contributed by atoms with Gasteiger partial charge in [0.05, 0.1) is 5.01 Å². The van der Waals surface area contributed by atoms with Crippen LogP contribution in [-0.4, -0.2) is 11.0 Å². The maximum absolute atomic E-state index is 6.15. The van der Waals surface area contributed by atoms with Crippen LogP contribution < -0.4 is 11.3 Å². The molecule has 5 heteroatoms. The molecule has 0 fully saturated rings. The van der Waals surface area contributed by atoms with Gasteiger partial charge in [0.2, 0.25) is 0 Å². The van der Waals surface area contributed by atoms with Crippen LogP contribution >= 0.6 is 22.9 Å². The second-order valence-electron chi connectivity index (χ2n) is 4.25. The van der Waals surface area contributed by atoms with Crippen molar-refractivity contribution in [1.29, 1.82) is 0 Å². The number of hydrogen-bond acceptors (Lipinski definition) is 4. The molecular formula is C13H16ClN3S. The third kappa shape index (κ3) is 3.53. The van der Waals surface area contributed by atoms with Gasteiger partial charge in [0.15, 0.2) is 0 Å². The largest absolute Gasteiger partial charge is 0.271 e. The molecule has 3 N–H and O–H groups in total. The monoisotopic (exact) mass is 281 g/mol. The molecule has 1 aromatic heterocycles. The number of rotatable bonds is 5. The highest BCUT2D eigenvalue weighted by atomic mass is 35.5. The quantitative estimate of drug-likeness (QED) is 0.654. The molecule has 0 saturated carbocycles. The molecule has 0 bridgehead atoms. The number of halogens is 1. The van der Waals surface area contributed by atoms with Crippen LogP contribution in [0.3, 0.4) is 0 Å². The molecule has 2 rings (SSSR count). The Morgan fingerprint density at radius 3 is 2.78 bits per heavy atom. The highest BCUT2D eigenvalue weighted by Crippen LogP contribution is 2.18. The highest BCUT2D eigenvalue weighted by Gasteiger charge is 2.12. The summed E-state index contributed by atoms with van der Waals surface area (Å²) >= 11 is 7.82. The van der Waals surface area contributed by atoms with Crippen LogP contribution in [0.1, 0.15) is 16.3 Å². The van der Waals surface area contributed by atoms with Crippen LogP contribution in [0.4, 0.5) is 0 Å². The fourth-order valence-electron chi connectivity index (χ4n) is 1.83. The van der Waals surface area contributed by atoms with Crippen molar-refractivity contribution in [2.24, 2.45) is 5.84 Å². The van der Waals surface area contributed by atoms with Gasteiger partial charge < -0.3 is 0 Å². The Bertz CT molecular complexity index is 512. The van der Waals surface area contributed by atoms with Crippen molar-refractivity contribution in [3.8, 4) is 0 Å². The maximum atomic E-state index is 6.15. The molecule has 0 aliphatic rings. The summed E-state index contributed by atoms with van der Waals surface area (Å²) in [5.74, 6) is 5.61. The molecular weight excluding hydrogens is 266 g/mol. The van der Waals surface area contributed by atoms with Gasteiger partial charge in [0.25, 0.3) is 0 Å². The van der Waals surface area contributed by atoms with Gasteiger partial charge in [-0.1, -0.05) is 29.8 Å². The molecule has 1 aromatic carbocycles. The molecule has 2 aromatic rings. The first-order valence-corrected chi connectivity index (χ1v) is 7.05. The molecule has 0 radical (unpaired) electrons. The molecule has 0 aliphatic carbocycles. The number of hydrazine groups is 1. The van der Waals surface area contributed by atoms with Gasteiger partial charge in [-0.2, -0.15) is 0 Å². The van der Waals surface area contributed by atoms with E-state index >= 15 is 0 Å². The van der Waals surface area contributed by atoms with Crippen molar-refractivity contribution >= 4 is 22.9 Å². The number of nitrogens with two attached hydrogens (primary N) is 1. The first-order valence-electron chi connectivity index (χ1n) is 5.79. The fraction of sp³-hybridized carbons (Fsp3) is 0.308. The Kier molecular flexibility index (Phi) is 4.72. The van der Waals surface area contributed by atoms with Crippen molar-refractivity contribution < 1.29 is 0 Å². The number of benzene rings is 1. The summed E-state index contributed by atoms with van der Waals surface area (Å²) in [6, 6.07) is 8.00. The zero-order valence-electron chi connectivity index (χ0n) is 10.2. The van der Waals surface area contributed by atoms with Crippen molar-refractivity contribution in [3.63, 3.8) is 0 Å². The molecule has 96 valence electrons. The van der Waals surface area contributed by atoms with Crippen molar-refractivity contribution in [2.45, 2.75) is 25.8 Å². The van der Waals surface area contributed by atoms with E-state index in [4.69, 9.17) is 17.4 Å². The minimum Gasteiger partial charge on any atom is -0.271 e. The van der Waals surface area contributed by atoms with Crippen LogP contribution in [0.25, 0.3) is 0 Å². The predicted octanol–water partition coefficient (Wildman–Crippen LogP) is 2.72. The van der Waals surface area contributed by atoms with Crippen LogP contribution in [0, 0.1) is 6.92 Å². The maximum Gasteiger partial charge on any atom is 0.0944 e. The molecule has 1 atom stereocenters. The normalized spacial score (nSPS) is 12.6.